The van der Waals surface area contributed by atoms with Gasteiger partial charge in [0.2, 0.25) is 0 Å². The highest BCUT2D eigenvalue weighted by Gasteiger charge is 2.18. The SMILES string of the molecule is Cc1cccc(NS(=O)(=O)c2ccc3c(c2)c(=O)oc(=O)n3C)c1C. The minimum Gasteiger partial charge on any atom is -0.372 e. The molecule has 0 radical (unpaired) electrons. The molecule has 0 aliphatic heterocycles. The van der Waals surface area contributed by atoms with Gasteiger partial charge in [0, 0.05) is 7.05 Å². The van der Waals surface area contributed by atoms with Gasteiger partial charge >= 0.3 is 11.4 Å². The molecule has 0 aliphatic carbocycles. The Morgan fingerprint density at radius 2 is 1.80 bits per heavy atom. The topological polar surface area (TPSA) is 98.4 Å². The fourth-order valence-electron chi connectivity index (χ4n) is 2.50. The number of benzene rings is 2. The fraction of sp³-hybridized carbons (Fsp3) is 0.176. The molecule has 0 spiro atoms. The fourth-order valence-corrected chi connectivity index (χ4v) is 3.65. The maximum atomic E-state index is 12.7. The number of aromatic nitrogens is 1. The molecule has 25 heavy (non-hydrogen) atoms. The lowest BCUT2D eigenvalue weighted by atomic mass is 10.1. The molecule has 0 fully saturated rings. The van der Waals surface area contributed by atoms with Crippen molar-refractivity contribution in [1.82, 2.24) is 4.57 Å². The summed E-state index contributed by atoms with van der Waals surface area (Å²) in [7, 11) is -2.46. The van der Waals surface area contributed by atoms with Gasteiger partial charge < -0.3 is 4.42 Å². The van der Waals surface area contributed by atoms with Crippen LogP contribution in [0.4, 0.5) is 5.69 Å². The number of hydrogen-bond donors (Lipinski definition) is 1. The highest BCUT2D eigenvalue weighted by Crippen LogP contribution is 2.23. The van der Waals surface area contributed by atoms with E-state index >= 15 is 0 Å². The summed E-state index contributed by atoms with van der Waals surface area (Å²) >= 11 is 0. The zero-order valence-corrected chi connectivity index (χ0v) is 14.7. The molecule has 1 aromatic heterocycles. The van der Waals surface area contributed by atoms with Crippen LogP contribution in [0.5, 0.6) is 0 Å². The van der Waals surface area contributed by atoms with Crippen LogP contribution in [0.1, 0.15) is 11.1 Å². The summed E-state index contributed by atoms with van der Waals surface area (Å²) in [5.41, 5.74) is 1.66. The predicted octanol–water partition coefficient (Wildman–Crippen LogP) is 1.91. The first-order valence-electron chi connectivity index (χ1n) is 7.43. The predicted molar refractivity (Wildman–Crippen MR) is 94.4 cm³/mol. The highest BCUT2D eigenvalue weighted by molar-refractivity contribution is 7.92. The van der Waals surface area contributed by atoms with Crippen molar-refractivity contribution in [2.45, 2.75) is 18.7 Å². The van der Waals surface area contributed by atoms with E-state index in [-0.39, 0.29) is 10.3 Å². The van der Waals surface area contributed by atoms with E-state index in [0.717, 1.165) is 15.7 Å². The summed E-state index contributed by atoms with van der Waals surface area (Å²) in [4.78, 5) is 23.3. The molecule has 3 rings (SSSR count). The van der Waals surface area contributed by atoms with Crippen LogP contribution in [0.2, 0.25) is 0 Å². The Kier molecular flexibility index (Phi) is 4.00. The normalized spacial score (nSPS) is 11.6. The second-order valence-corrected chi connectivity index (χ2v) is 7.43. The zero-order chi connectivity index (χ0) is 18.4. The second-order valence-electron chi connectivity index (χ2n) is 5.75. The lowest BCUT2D eigenvalue weighted by Crippen LogP contribution is -2.23. The summed E-state index contributed by atoms with van der Waals surface area (Å²) in [6.45, 7) is 3.70. The first-order chi connectivity index (χ1) is 11.7. The van der Waals surface area contributed by atoms with Crippen molar-refractivity contribution in [2.24, 2.45) is 7.05 Å². The average molecular weight is 360 g/mol. The van der Waals surface area contributed by atoms with Gasteiger partial charge in [0.25, 0.3) is 10.0 Å². The van der Waals surface area contributed by atoms with Crippen LogP contribution in [-0.2, 0) is 17.1 Å². The zero-order valence-electron chi connectivity index (χ0n) is 13.9. The maximum Gasteiger partial charge on any atom is 0.422 e. The van der Waals surface area contributed by atoms with E-state index in [4.69, 9.17) is 0 Å². The summed E-state index contributed by atoms with van der Waals surface area (Å²) in [5, 5.41) is 0.0194. The number of aryl methyl sites for hydroxylation is 2. The third kappa shape index (κ3) is 2.96. The van der Waals surface area contributed by atoms with E-state index in [2.05, 4.69) is 9.14 Å². The van der Waals surface area contributed by atoms with Crippen LogP contribution in [0.15, 0.2) is 55.3 Å². The average Bonchev–Trinajstić information content (AvgIpc) is 2.56. The Labute approximate surface area is 143 Å². The van der Waals surface area contributed by atoms with Crippen molar-refractivity contribution in [3.05, 3.63) is 68.5 Å². The Hall–Kier alpha value is -2.87. The van der Waals surface area contributed by atoms with Crippen LogP contribution in [0.3, 0.4) is 0 Å². The van der Waals surface area contributed by atoms with Crippen LogP contribution in [-0.4, -0.2) is 13.0 Å². The largest absolute Gasteiger partial charge is 0.422 e. The van der Waals surface area contributed by atoms with Crippen molar-refractivity contribution in [1.29, 1.82) is 0 Å². The van der Waals surface area contributed by atoms with E-state index < -0.39 is 21.4 Å². The van der Waals surface area contributed by atoms with Gasteiger partial charge in [-0.05, 0) is 49.2 Å². The van der Waals surface area contributed by atoms with Gasteiger partial charge in [-0.2, -0.15) is 0 Å². The molecule has 0 amide bonds. The van der Waals surface area contributed by atoms with Gasteiger partial charge in [0.05, 0.1) is 21.5 Å². The van der Waals surface area contributed by atoms with Crippen LogP contribution in [0, 0.1) is 13.8 Å². The van der Waals surface area contributed by atoms with Crippen molar-refractivity contribution in [2.75, 3.05) is 4.72 Å². The molecule has 0 atom stereocenters. The van der Waals surface area contributed by atoms with Crippen molar-refractivity contribution in [3.63, 3.8) is 0 Å². The molecule has 130 valence electrons. The quantitative estimate of drug-likeness (QED) is 0.769. The van der Waals surface area contributed by atoms with Crippen molar-refractivity contribution < 1.29 is 12.8 Å². The van der Waals surface area contributed by atoms with E-state index in [1.807, 2.05) is 19.9 Å². The number of anilines is 1. The minimum absolute atomic E-state index is 0.0194. The summed E-state index contributed by atoms with van der Waals surface area (Å²) < 4.78 is 33.6. The van der Waals surface area contributed by atoms with Gasteiger partial charge in [0.15, 0.2) is 0 Å². The molecule has 2 aromatic carbocycles. The first kappa shape index (κ1) is 17.0. The van der Waals surface area contributed by atoms with Gasteiger partial charge in [-0.15, -0.1) is 0 Å². The number of rotatable bonds is 3. The highest BCUT2D eigenvalue weighted by atomic mass is 32.2. The number of nitrogens with zero attached hydrogens (tertiary/aromatic N) is 1. The molecule has 1 N–H and O–H groups in total. The standard InChI is InChI=1S/C17H16N2O5S/c1-10-5-4-6-14(11(10)2)18-25(22,23)12-7-8-15-13(9-12)16(20)24-17(21)19(15)3/h4-9,18H,1-3H3. The number of hydrogen-bond acceptors (Lipinski definition) is 5. The first-order valence-corrected chi connectivity index (χ1v) is 8.92. The number of fused-ring (bicyclic) bond motifs is 1. The maximum absolute atomic E-state index is 12.7. The molecule has 3 aromatic rings. The van der Waals surface area contributed by atoms with Crippen LogP contribution >= 0.6 is 0 Å². The molecular formula is C17H16N2O5S. The summed E-state index contributed by atoms with van der Waals surface area (Å²) in [5.74, 6) is -0.804. The second kappa shape index (κ2) is 5.89. The van der Waals surface area contributed by atoms with Crippen LogP contribution < -0.4 is 16.1 Å². The molecular weight excluding hydrogens is 344 g/mol. The van der Waals surface area contributed by atoms with Gasteiger partial charge in [-0.1, -0.05) is 12.1 Å². The number of sulfonamides is 1. The van der Waals surface area contributed by atoms with E-state index in [1.165, 1.54) is 25.2 Å². The monoisotopic (exact) mass is 360 g/mol. The minimum atomic E-state index is -3.90. The smallest absolute Gasteiger partial charge is 0.372 e. The third-order valence-corrected chi connectivity index (χ3v) is 5.53. The van der Waals surface area contributed by atoms with Gasteiger partial charge in [0.1, 0.15) is 0 Å². The van der Waals surface area contributed by atoms with E-state index in [1.54, 1.807) is 12.1 Å². The Morgan fingerprint density at radius 1 is 1.08 bits per heavy atom. The molecule has 1 heterocycles. The molecule has 0 saturated carbocycles. The lowest BCUT2D eigenvalue weighted by Gasteiger charge is -2.12. The summed E-state index contributed by atoms with van der Waals surface area (Å²) in [6, 6.07) is 9.26. The molecule has 0 aliphatic rings. The Balaban J connectivity index is 2.13. The van der Waals surface area contributed by atoms with Gasteiger partial charge in [-0.25, -0.2) is 18.0 Å². The molecule has 7 nitrogen and oxygen atoms in total. The van der Waals surface area contributed by atoms with Crippen molar-refractivity contribution >= 4 is 26.6 Å². The van der Waals surface area contributed by atoms with Gasteiger partial charge in [-0.3, -0.25) is 9.29 Å². The van der Waals surface area contributed by atoms with Crippen LogP contribution in [0.25, 0.3) is 10.9 Å². The molecule has 0 unspecified atom stereocenters. The molecule has 0 saturated heterocycles. The van der Waals surface area contributed by atoms with E-state index in [0.29, 0.717) is 11.2 Å². The lowest BCUT2D eigenvalue weighted by molar-refractivity contribution is 0.432. The summed E-state index contributed by atoms with van der Waals surface area (Å²) in [6.07, 6.45) is 0. The Bertz CT molecular complexity index is 1210. The molecule has 8 heteroatoms. The molecule has 0 bridgehead atoms. The Morgan fingerprint density at radius 3 is 2.52 bits per heavy atom. The van der Waals surface area contributed by atoms with E-state index in [9.17, 15) is 18.0 Å². The third-order valence-electron chi connectivity index (χ3n) is 4.16. The number of nitrogens with one attached hydrogen (secondary N) is 1. The van der Waals surface area contributed by atoms with Crippen molar-refractivity contribution in [3.8, 4) is 0 Å².